The van der Waals surface area contributed by atoms with Crippen LogP contribution in [0.5, 0.6) is 5.75 Å². The van der Waals surface area contributed by atoms with Gasteiger partial charge in [0, 0.05) is 5.56 Å². The molecular weight excluding hydrogens is 439 g/mol. The molecule has 0 radical (unpaired) electrons. The predicted octanol–water partition coefficient (Wildman–Crippen LogP) is 3.71. The molecule has 1 heterocycles. The first-order chi connectivity index (χ1) is 11.4. The number of benzene rings is 2. The Morgan fingerprint density at radius 1 is 1.12 bits per heavy atom. The lowest BCUT2D eigenvalue weighted by molar-refractivity contribution is 0.415. The smallest absolute Gasteiger partial charge is 0.283 e. The highest BCUT2D eigenvalue weighted by Gasteiger charge is 2.24. The highest BCUT2D eigenvalue weighted by Crippen LogP contribution is 2.30. The van der Waals surface area contributed by atoms with E-state index in [-0.39, 0.29) is 4.90 Å². The molecule has 3 rings (SSSR count). The molecule has 1 aromatic heterocycles. The van der Waals surface area contributed by atoms with Crippen LogP contribution in [0.1, 0.15) is 5.56 Å². The van der Waals surface area contributed by atoms with E-state index in [1.165, 1.54) is 0 Å². The molecule has 0 N–H and O–H groups in total. The summed E-state index contributed by atoms with van der Waals surface area (Å²) in [4.78, 5) is 0.205. The number of nitrogens with zero attached hydrogens (tertiary/aromatic N) is 2. The molecule has 0 aliphatic carbocycles. The molecule has 0 unspecified atom stereocenters. The predicted molar refractivity (Wildman–Crippen MR) is 101 cm³/mol. The molecule has 24 heavy (non-hydrogen) atoms. The van der Waals surface area contributed by atoms with Crippen LogP contribution >= 0.6 is 22.6 Å². The summed E-state index contributed by atoms with van der Waals surface area (Å²) in [5.41, 5.74) is 2.25. The second-order valence-corrected chi connectivity index (χ2v) is 8.16. The van der Waals surface area contributed by atoms with Crippen molar-refractivity contribution in [2.24, 2.45) is 0 Å². The van der Waals surface area contributed by atoms with Crippen LogP contribution in [0, 0.1) is 10.5 Å². The van der Waals surface area contributed by atoms with Crippen molar-refractivity contribution in [3.63, 3.8) is 0 Å². The van der Waals surface area contributed by atoms with E-state index >= 15 is 0 Å². The normalized spacial score (nSPS) is 11.5. The van der Waals surface area contributed by atoms with Gasteiger partial charge >= 0.3 is 0 Å². The van der Waals surface area contributed by atoms with Crippen LogP contribution < -0.4 is 4.74 Å². The Kier molecular flexibility index (Phi) is 4.64. The van der Waals surface area contributed by atoms with Crippen LogP contribution in [0.3, 0.4) is 0 Å². The third-order valence-electron chi connectivity index (χ3n) is 3.58. The topological polar surface area (TPSA) is 61.2 Å². The second kappa shape index (κ2) is 6.56. The number of ether oxygens (including phenoxy) is 1. The average molecular weight is 454 g/mol. The summed E-state index contributed by atoms with van der Waals surface area (Å²) in [6.45, 7) is 1.91. The van der Waals surface area contributed by atoms with Crippen molar-refractivity contribution in [2.75, 3.05) is 7.11 Å². The van der Waals surface area contributed by atoms with E-state index in [2.05, 4.69) is 27.7 Å². The number of rotatable bonds is 4. The number of hydrogen-bond acceptors (Lipinski definition) is 4. The molecular formula is C17H15IN2O3S. The van der Waals surface area contributed by atoms with E-state index in [4.69, 9.17) is 4.74 Å². The molecule has 0 amide bonds. The van der Waals surface area contributed by atoms with Gasteiger partial charge in [0.15, 0.2) is 0 Å². The Morgan fingerprint density at radius 3 is 2.50 bits per heavy atom. The first kappa shape index (κ1) is 17.0. The van der Waals surface area contributed by atoms with Crippen LogP contribution in [0.4, 0.5) is 0 Å². The molecule has 0 saturated carbocycles. The first-order valence-corrected chi connectivity index (χ1v) is 9.65. The first-order valence-electron chi connectivity index (χ1n) is 7.13. The summed E-state index contributed by atoms with van der Waals surface area (Å²) in [5, 5.41) is 4.10. The number of aromatic nitrogens is 2. The summed E-state index contributed by atoms with van der Waals surface area (Å²) in [6.07, 6.45) is 1.54. The van der Waals surface area contributed by atoms with Crippen molar-refractivity contribution in [1.29, 1.82) is 0 Å². The zero-order chi connectivity index (χ0) is 17.3. The Bertz CT molecular complexity index is 979. The van der Waals surface area contributed by atoms with Gasteiger partial charge in [-0.2, -0.15) is 17.6 Å². The Labute approximate surface area is 154 Å². The minimum atomic E-state index is -3.77. The maximum Gasteiger partial charge on any atom is 0.283 e. The summed E-state index contributed by atoms with van der Waals surface area (Å²) in [7, 11) is -2.20. The van der Waals surface area contributed by atoms with E-state index < -0.39 is 10.0 Å². The average Bonchev–Trinajstić information content (AvgIpc) is 2.98. The molecule has 0 saturated heterocycles. The summed E-state index contributed by atoms with van der Waals surface area (Å²) in [5.74, 6) is 0.656. The number of halogens is 1. The van der Waals surface area contributed by atoms with E-state index in [1.54, 1.807) is 43.6 Å². The molecule has 0 atom stereocenters. The molecule has 0 fully saturated rings. The van der Waals surface area contributed by atoms with Gasteiger partial charge in [0.05, 0.1) is 27.5 Å². The van der Waals surface area contributed by atoms with Gasteiger partial charge in [-0.15, -0.1) is 0 Å². The van der Waals surface area contributed by atoms with E-state index in [0.717, 1.165) is 18.8 Å². The van der Waals surface area contributed by atoms with E-state index in [1.807, 2.05) is 25.1 Å². The van der Waals surface area contributed by atoms with Crippen LogP contribution in [0.2, 0.25) is 0 Å². The number of aryl methyl sites for hydroxylation is 1. The van der Waals surface area contributed by atoms with E-state index in [9.17, 15) is 8.42 Å². The van der Waals surface area contributed by atoms with Gasteiger partial charge < -0.3 is 4.74 Å². The lowest BCUT2D eigenvalue weighted by atomic mass is 10.1. The fourth-order valence-electron chi connectivity index (χ4n) is 2.32. The molecule has 2 aromatic carbocycles. The Morgan fingerprint density at radius 2 is 1.83 bits per heavy atom. The molecule has 0 aliphatic heterocycles. The number of methoxy groups -OCH3 is 1. The Hall–Kier alpha value is -1.87. The lowest BCUT2D eigenvalue weighted by Gasteiger charge is -2.11. The van der Waals surface area contributed by atoms with Crippen molar-refractivity contribution >= 4 is 32.6 Å². The van der Waals surface area contributed by atoms with Crippen LogP contribution in [0.25, 0.3) is 11.3 Å². The van der Waals surface area contributed by atoms with Gasteiger partial charge in [0.2, 0.25) is 0 Å². The van der Waals surface area contributed by atoms with Crippen LogP contribution in [-0.2, 0) is 10.0 Å². The van der Waals surface area contributed by atoms with Crippen molar-refractivity contribution < 1.29 is 13.2 Å². The van der Waals surface area contributed by atoms with Crippen molar-refractivity contribution in [1.82, 2.24) is 9.19 Å². The van der Waals surface area contributed by atoms with Gasteiger partial charge in [0.25, 0.3) is 10.0 Å². The maximum atomic E-state index is 13.0. The molecule has 0 spiro atoms. The summed E-state index contributed by atoms with van der Waals surface area (Å²) < 4.78 is 33.0. The fourth-order valence-corrected chi connectivity index (χ4v) is 4.45. The largest absolute Gasteiger partial charge is 0.497 e. The molecule has 124 valence electrons. The zero-order valence-electron chi connectivity index (χ0n) is 13.1. The maximum absolute atomic E-state index is 13.0. The number of hydrogen-bond donors (Lipinski definition) is 0. The van der Waals surface area contributed by atoms with Gasteiger partial charge in [-0.25, -0.2) is 0 Å². The monoisotopic (exact) mass is 454 g/mol. The highest BCUT2D eigenvalue weighted by atomic mass is 127. The molecule has 3 aromatic rings. The molecule has 0 bridgehead atoms. The third kappa shape index (κ3) is 3.05. The second-order valence-electron chi connectivity index (χ2n) is 5.23. The fraction of sp³-hybridized carbons (Fsp3) is 0.118. The highest BCUT2D eigenvalue weighted by molar-refractivity contribution is 14.1. The zero-order valence-corrected chi connectivity index (χ0v) is 16.1. The van der Waals surface area contributed by atoms with Gasteiger partial charge in [-0.1, -0.05) is 29.8 Å². The van der Waals surface area contributed by atoms with Crippen molar-refractivity contribution in [2.45, 2.75) is 11.8 Å². The molecule has 0 aliphatic rings. The van der Waals surface area contributed by atoms with Crippen molar-refractivity contribution in [3.05, 3.63) is 63.9 Å². The van der Waals surface area contributed by atoms with Gasteiger partial charge in [-0.05, 0) is 53.8 Å². The van der Waals surface area contributed by atoms with Crippen LogP contribution in [-0.4, -0.2) is 24.7 Å². The third-order valence-corrected chi connectivity index (χ3v) is 5.97. The van der Waals surface area contributed by atoms with Gasteiger partial charge in [0.1, 0.15) is 5.75 Å². The SMILES string of the molecule is COc1cccc(-c2c(I)cnn2S(=O)(=O)c2ccc(C)cc2)c1. The minimum Gasteiger partial charge on any atom is -0.497 e. The van der Waals surface area contributed by atoms with Crippen LogP contribution in [0.15, 0.2) is 59.6 Å². The quantitative estimate of drug-likeness (QED) is 0.564. The molecule has 7 heteroatoms. The van der Waals surface area contributed by atoms with Crippen molar-refractivity contribution in [3.8, 4) is 17.0 Å². The minimum absolute atomic E-state index is 0.205. The standard InChI is InChI=1S/C17H15IN2O3S/c1-12-6-8-15(9-7-12)24(21,22)20-17(16(18)11-19-20)13-4-3-5-14(10-13)23-2/h3-11H,1-2H3. The lowest BCUT2D eigenvalue weighted by Crippen LogP contribution is -2.16. The molecule has 5 nitrogen and oxygen atoms in total. The summed E-state index contributed by atoms with van der Waals surface area (Å²) >= 11 is 2.08. The Balaban J connectivity index is 2.18. The van der Waals surface area contributed by atoms with Gasteiger partial charge in [-0.3, -0.25) is 0 Å². The summed E-state index contributed by atoms with van der Waals surface area (Å²) in [6, 6.07) is 14.0. The van der Waals surface area contributed by atoms with E-state index in [0.29, 0.717) is 11.4 Å².